The maximum absolute atomic E-state index is 13.0. The van der Waals surface area contributed by atoms with Crippen LogP contribution in [0.15, 0.2) is 60.8 Å². The zero-order valence-corrected chi connectivity index (χ0v) is 26.2. The first kappa shape index (κ1) is 32.5. The van der Waals surface area contributed by atoms with Gasteiger partial charge in [-0.15, -0.1) is 0 Å². The number of nitrogens with one attached hydrogen (secondary N) is 1. The Hall–Kier alpha value is -4.39. The molecule has 44 heavy (non-hydrogen) atoms. The lowest BCUT2D eigenvalue weighted by Gasteiger charge is -2.27. The summed E-state index contributed by atoms with van der Waals surface area (Å²) >= 11 is 0. The van der Waals surface area contributed by atoms with E-state index in [4.69, 9.17) is 4.74 Å². The Labute approximate surface area is 258 Å². The van der Waals surface area contributed by atoms with Gasteiger partial charge in [-0.1, -0.05) is 42.5 Å². The van der Waals surface area contributed by atoms with Crippen LogP contribution in [-0.4, -0.2) is 85.5 Å². The third-order valence-electron chi connectivity index (χ3n) is 7.46. The van der Waals surface area contributed by atoms with E-state index in [9.17, 15) is 23.1 Å². The van der Waals surface area contributed by atoms with Crippen molar-refractivity contribution in [1.29, 1.82) is 0 Å². The number of amides is 1. The van der Waals surface area contributed by atoms with Crippen molar-refractivity contribution in [2.45, 2.75) is 45.6 Å². The summed E-state index contributed by atoms with van der Waals surface area (Å²) in [7, 11) is -3.78. The van der Waals surface area contributed by atoms with Crippen LogP contribution in [0.2, 0.25) is 0 Å². The molecule has 236 valence electrons. The molecule has 2 N–H and O–H groups in total. The van der Waals surface area contributed by atoms with E-state index in [-0.39, 0.29) is 24.5 Å². The predicted molar refractivity (Wildman–Crippen MR) is 170 cm³/mol. The first-order chi connectivity index (χ1) is 21.1. The average molecular weight is 625 g/mol. The SMILES string of the molecule is CCN(CC)c1ncc(N(CCc2ccccc2)S(C)(=O)=O)c(N[C@@H](Cc2ccc(OC(=O)N3CCCC3)cc2)C(=O)O)n1. The molecule has 1 atom stereocenters. The number of carboxylic acid groups (broad SMARTS) is 1. The van der Waals surface area contributed by atoms with Gasteiger partial charge in [0.15, 0.2) is 5.82 Å². The summed E-state index contributed by atoms with van der Waals surface area (Å²) in [5.41, 5.74) is 1.79. The minimum atomic E-state index is -3.78. The number of aliphatic carboxylic acids is 1. The van der Waals surface area contributed by atoms with E-state index in [1.54, 1.807) is 29.2 Å². The monoisotopic (exact) mass is 624 g/mol. The quantitative estimate of drug-likeness (QED) is 0.270. The van der Waals surface area contributed by atoms with E-state index >= 15 is 0 Å². The molecule has 13 heteroatoms. The molecule has 0 aliphatic carbocycles. The van der Waals surface area contributed by atoms with Crippen LogP contribution < -0.4 is 19.3 Å². The lowest BCUT2D eigenvalue weighted by molar-refractivity contribution is -0.137. The largest absolute Gasteiger partial charge is 0.480 e. The molecule has 0 unspecified atom stereocenters. The molecule has 0 bridgehead atoms. The van der Waals surface area contributed by atoms with Crippen molar-refractivity contribution in [1.82, 2.24) is 14.9 Å². The van der Waals surface area contributed by atoms with Crippen molar-refractivity contribution < 1.29 is 27.9 Å². The molecular weight excluding hydrogens is 584 g/mol. The van der Waals surface area contributed by atoms with Crippen molar-refractivity contribution in [2.75, 3.05) is 53.5 Å². The third-order valence-corrected chi connectivity index (χ3v) is 8.64. The van der Waals surface area contributed by atoms with Gasteiger partial charge < -0.3 is 25.0 Å². The number of carbonyl (C=O) groups is 2. The van der Waals surface area contributed by atoms with Gasteiger partial charge in [-0.25, -0.2) is 23.0 Å². The van der Waals surface area contributed by atoms with Gasteiger partial charge in [-0.2, -0.15) is 4.98 Å². The molecule has 0 spiro atoms. The topological polar surface area (TPSA) is 145 Å². The molecule has 2 heterocycles. The Morgan fingerprint density at radius 3 is 2.27 bits per heavy atom. The van der Waals surface area contributed by atoms with E-state index in [1.165, 1.54) is 10.5 Å². The second-order valence-electron chi connectivity index (χ2n) is 10.6. The fourth-order valence-corrected chi connectivity index (χ4v) is 5.93. The summed E-state index contributed by atoms with van der Waals surface area (Å²) in [6.07, 6.45) is 4.53. The summed E-state index contributed by atoms with van der Waals surface area (Å²) in [6.45, 7) is 6.57. The smallest absolute Gasteiger partial charge is 0.415 e. The first-order valence-corrected chi connectivity index (χ1v) is 16.6. The number of carboxylic acids is 1. The molecule has 1 aliphatic heterocycles. The summed E-state index contributed by atoms with van der Waals surface area (Å²) < 4.78 is 32.7. The summed E-state index contributed by atoms with van der Waals surface area (Å²) in [5, 5.41) is 13.2. The van der Waals surface area contributed by atoms with Crippen molar-refractivity contribution in [3.05, 3.63) is 71.9 Å². The van der Waals surface area contributed by atoms with Gasteiger partial charge in [-0.05, 0) is 56.4 Å². The number of anilines is 3. The van der Waals surface area contributed by atoms with E-state index in [2.05, 4.69) is 15.3 Å². The lowest BCUT2D eigenvalue weighted by atomic mass is 10.1. The highest BCUT2D eigenvalue weighted by atomic mass is 32.2. The molecule has 4 rings (SSSR count). The molecule has 2 aromatic carbocycles. The Balaban J connectivity index is 1.60. The highest BCUT2D eigenvalue weighted by Gasteiger charge is 2.27. The van der Waals surface area contributed by atoms with Crippen molar-refractivity contribution in [2.24, 2.45) is 0 Å². The minimum Gasteiger partial charge on any atom is -0.480 e. The average Bonchev–Trinajstić information content (AvgIpc) is 3.55. The summed E-state index contributed by atoms with van der Waals surface area (Å²) in [6, 6.07) is 15.0. The molecule has 1 saturated heterocycles. The zero-order valence-electron chi connectivity index (χ0n) is 25.3. The molecule has 1 fully saturated rings. The van der Waals surface area contributed by atoms with Crippen LogP contribution in [0.25, 0.3) is 0 Å². The van der Waals surface area contributed by atoms with Gasteiger partial charge in [0, 0.05) is 39.1 Å². The zero-order chi connectivity index (χ0) is 31.7. The highest BCUT2D eigenvalue weighted by Crippen LogP contribution is 2.29. The second kappa shape index (κ2) is 14.9. The van der Waals surface area contributed by atoms with Crippen LogP contribution in [-0.2, 0) is 27.7 Å². The van der Waals surface area contributed by atoms with Gasteiger partial charge >= 0.3 is 12.1 Å². The number of sulfonamides is 1. The number of carbonyl (C=O) groups excluding carboxylic acids is 1. The molecule has 1 aromatic heterocycles. The number of aromatic nitrogens is 2. The van der Waals surface area contributed by atoms with E-state index in [0.29, 0.717) is 49.9 Å². The number of ether oxygens (including phenoxy) is 1. The van der Waals surface area contributed by atoms with Gasteiger partial charge in [0.05, 0.1) is 12.5 Å². The third kappa shape index (κ3) is 8.59. The fourth-order valence-electron chi connectivity index (χ4n) is 5.01. The number of hydrogen-bond acceptors (Lipinski definition) is 9. The van der Waals surface area contributed by atoms with E-state index in [1.807, 2.05) is 49.1 Å². The Bertz CT molecular complexity index is 1510. The van der Waals surface area contributed by atoms with Crippen LogP contribution >= 0.6 is 0 Å². The van der Waals surface area contributed by atoms with Gasteiger partial charge in [0.1, 0.15) is 17.5 Å². The second-order valence-corrected chi connectivity index (χ2v) is 12.5. The fraction of sp³-hybridized carbons (Fsp3) is 0.419. The maximum Gasteiger partial charge on any atom is 0.415 e. The first-order valence-electron chi connectivity index (χ1n) is 14.8. The number of hydrogen-bond donors (Lipinski definition) is 2. The Morgan fingerprint density at radius 1 is 1.02 bits per heavy atom. The van der Waals surface area contributed by atoms with Gasteiger partial charge in [0.25, 0.3) is 0 Å². The number of nitrogens with zero attached hydrogens (tertiary/aromatic N) is 5. The molecule has 1 aliphatic rings. The van der Waals surface area contributed by atoms with Crippen LogP contribution in [0.4, 0.5) is 22.2 Å². The summed E-state index contributed by atoms with van der Waals surface area (Å²) in [4.78, 5) is 37.4. The Kier molecular flexibility index (Phi) is 11.0. The number of likely N-dealkylation sites (tertiary alicyclic amines) is 1. The van der Waals surface area contributed by atoms with Crippen molar-refractivity contribution in [3.63, 3.8) is 0 Å². The molecular formula is C31H40N6O6S. The van der Waals surface area contributed by atoms with Gasteiger partial charge in [-0.3, -0.25) is 4.31 Å². The molecule has 3 aromatic rings. The maximum atomic E-state index is 13.0. The van der Waals surface area contributed by atoms with Crippen molar-refractivity contribution >= 4 is 39.5 Å². The van der Waals surface area contributed by atoms with Crippen molar-refractivity contribution in [3.8, 4) is 5.75 Å². The van der Waals surface area contributed by atoms with Crippen LogP contribution in [0.3, 0.4) is 0 Å². The molecule has 0 radical (unpaired) electrons. The van der Waals surface area contributed by atoms with Gasteiger partial charge in [0.2, 0.25) is 16.0 Å². The highest BCUT2D eigenvalue weighted by molar-refractivity contribution is 7.92. The van der Waals surface area contributed by atoms with E-state index in [0.717, 1.165) is 24.7 Å². The van der Waals surface area contributed by atoms with E-state index < -0.39 is 28.1 Å². The van der Waals surface area contributed by atoms with Crippen LogP contribution in [0, 0.1) is 0 Å². The standard InChI is InChI=1S/C31H40N6O6S/c1-4-35(5-2)30-32-22-27(37(44(3,41)42)20-17-23-11-7-6-8-12-23)28(34-30)33-26(29(38)39)21-24-13-15-25(16-14-24)43-31(40)36-18-9-10-19-36/h6-8,11-16,22,26H,4-5,9-10,17-21H2,1-3H3,(H,38,39)(H,32,33,34)/t26-/m0/s1. The molecule has 12 nitrogen and oxygen atoms in total. The normalized spacial score (nSPS) is 13.8. The number of benzene rings is 2. The lowest BCUT2D eigenvalue weighted by Crippen LogP contribution is -2.36. The predicted octanol–water partition coefficient (Wildman–Crippen LogP) is 4.03. The summed E-state index contributed by atoms with van der Waals surface area (Å²) in [5.74, 6) is -0.316. The molecule has 1 amide bonds. The minimum absolute atomic E-state index is 0.0582. The molecule has 0 saturated carbocycles. The Morgan fingerprint density at radius 2 is 1.68 bits per heavy atom. The van der Waals surface area contributed by atoms with Crippen LogP contribution in [0.5, 0.6) is 5.75 Å². The number of rotatable bonds is 14. The van der Waals surface area contributed by atoms with Crippen LogP contribution in [0.1, 0.15) is 37.8 Å².